The number of allylic oxidation sites excluding steroid dienone is 3. The molecule has 0 fully saturated rings. The Bertz CT molecular complexity index is 1140. The van der Waals surface area contributed by atoms with Crippen molar-refractivity contribution in [3.8, 4) is 5.75 Å². The number of halogens is 1. The van der Waals surface area contributed by atoms with Crippen molar-refractivity contribution in [2.24, 2.45) is 4.99 Å². The first-order valence-electron chi connectivity index (χ1n) is 14.9. The van der Waals surface area contributed by atoms with Crippen LogP contribution in [-0.2, 0) is 15.9 Å². The molecule has 0 unspecified atom stereocenters. The molecule has 0 atom stereocenters. The fourth-order valence-corrected chi connectivity index (χ4v) is 4.75. The fraction of sp³-hybridized carbons (Fsp3) is 0.500. The van der Waals surface area contributed by atoms with Crippen LogP contribution in [0.3, 0.4) is 0 Å². The lowest BCUT2D eigenvalue weighted by atomic mass is 9.97. The number of nitrogens with zero attached hydrogens (tertiary/aromatic N) is 2. The number of hydrogen-bond donors (Lipinski definition) is 0. The Hall–Kier alpha value is -3.12. The van der Waals surface area contributed by atoms with Gasteiger partial charge in [0.1, 0.15) is 18.1 Å². The van der Waals surface area contributed by atoms with Crippen molar-refractivity contribution in [2.45, 2.75) is 65.7 Å². The Morgan fingerprint density at radius 2 is 1.77 bits per heavy atom. The summed E-state index contributed by atoms with van der Waals surface area (Å²) in [5.41, 5.74) is 5.53. The van der Waals surface area contributed by atoms with Gasteiger partial charge in [-0.1, -0.05) is 52.3 Å². The maximum atomic E-state index is 15.1. The zero-order chi connectivity index (χ0) is 28.7. The van der Waals surface area contributed by atoms with Gasteiger partial charge < -0.3 is 19.1 Å². The molecule has 0 radical (unpaired) electrons. The zero-order valence-corrected chi connectivity index (χ0v) is 24.9. The third kappa shape index (κ3) is 8.95. The van der Waals surface area contributed by atoms with E-state index in [4.69, 9.17) is 19.2 Å². The average Bonchev–Trinajstić information content (AvgIpc) is 3.17. The number of ether oxygens (including phenoxy) is 3. The summed E-state index contributed by atoms with van der Waals surface area (Å²) in [6, 6.07) is 11.9. The number of benzene rings is 2. The second-order valence-electron chi connectivity index (χ2n) is 10.2. The highest BCUT2D eigenvalue weighted by molar-refractivity contribution is 6.13. The zero-order valence-electron chi connectivity index (χ0n) is 24.9. The van der Waals surface area contributed by atoms with Gasteiger partial charge in [0.05, 0.1) is 13.2 Å². The maximum Gasteiger partial charge on any atom is 0.165 e. The number of rotatable bonds is 17. The number of unbranched alkanes of at least 4 members (excludes halogenated alkanes) is 2. The SMILES string of the molecule is C=C(/C=C(\OCCCC)C1=NCCCc2cc(OCCOC)c(F)cc21)c1ccc(N(CCC)CCCC)cc1. The van der Waals surface area contributed by atoms with Crippen molar-refractivity contribution in [1.82, 2.24) is 0 Å². The van der Waals surface area contributed by atoms with Crippen LogP contribution in [0.4, 0.5) is 10.1 Å². The number of hydrogen-bond acceptors (Lipinski definition) is 5. The van der Waals surface area contributed by atoms with E-state index in [1.54, 1.807) is 13.2 Å². The van der Waals surface area contributed by atoms with E-state index in [1.165, 1.54) is 24.6 Å². The molecule has 218 valence electrons. The van der Waals surface area contributed by atoms with Crippen molar-refractivity contribution >= 4 is 17.0 Å². The van der Waals surface area contributed by atoms with Gasteiger partial charge >= 0.3 is 0 Å². The van der Waals surface area contributed by atoms with Crippen LogP contribution in [0.25, 0.3) is 5.57 Å². The van der Waals surface area contributed by atoms with Crippen molar-refractivity contribution in [3.05, 3.63) is 77.3 Å². The van der Waals surface area contributed by atoms with Crippen LogP contribution in [-0.4, -0.2) is 52.3 Å². The van der Waals surface area contributed by atoms with Gasteiger partial charge in [-0.15, -0.1) is 0 Å². The highest BCUT2D eigenvalue weighted by Crippen LogP contribution is 2.30. The topological polar surface area (TPSA) is 43.3 Å². The Morgan fingerprint density at radius 1 is 1.00 bits per heavy atom. The van der Waals surface area contributed by atoms with Gasteiger partial charge in [0.2, 0.25) is 0 Å². The van der Waals surface area contributed by atoms with Crippen molar-refractivity contribution < 1.29 is 18.6 Å². The second kappa shape index (κ2) is 16.9. The first kappa shape index (κ1) is 31.4. The van der Waals surface area contributed by atoms with Gasteiger partial charge in [0.25, 0.3) is 0 Å². The molecule has 0 spiro atoms. The molecular weight excluding hydrogens is 503 g/mol. The summed E-state index contributed by atoms with van der Waals surface area (Å²) in [4.78, 5) is 7.32. The normalized spacial score (nSPS) is 13.3. The van der Waals surface area contributed by atoms with Crippen molar-refractivity contribution in [3.63, 3.8) is 0 Å². The molecule has 1 aliphatic rings. The number of anilines is 1. The molecule has 0 aliphatic carbocycles. The molecule has 0 amide bonds. The highest BCUT2D eigenvalue weighted by atomic mass is 19.1. The number of methoxy groups -OCH3 is 1. The Balaban J connectivity index is 1.91. The average molecular weight is 551 g/mol. The summed E-state index contributed by atoms with van der Waals surface area (Å²) in [6.07, 6.45) is 9.04. The van der Waals surface area contributed by atoms with Gasteiger partial charge in [-0.2, -0.15) is 0 Å². The summed E-state index contributed by atoms with van der Waals surface area (Å²) in [6.45, 7) is 15.0. The molecule has 2 aromatic rings. The van der Waals surface area contributed by atoms with Crippen LogP contribution in [0.1, 0.15) is 76.0 Å². The molecule has 0 bridgehead atoms. The van der Waals surface area contributed by atoms with Crippen LogP contribution in [0, 0.1) is 5.82 Å². The molecule has 6 heteroatoms. The third-order valence-corrected chi connectivity index (χ3v) is 7.00. The first-order chi connectivity index (χ1) is 19.5. The van der Waals surface area contributed by atoms with Crippen LogP contribution >= 0.6 is 0 Å². The Kier molecular flexibility index (Phi) is 13.2. The minimum Gasteiger partial charge on any atom is -0.491 e. The Labute approximate surface area is 240 Å². The minimum atomic E-state index is -0.411. The van der Waals surface area contributed by atoms with E-state index in [0.29, 0.717) is 37.8 Å². The van der Waals surface area contributed by atoms with Crippen molar-refractivity contribution in [2.75, 3.05) is 51.5 Å². The minimum absolute atomic E-state index is 0.245. The van der Waals surface area contributed by atoms with E-state index in [2.05, 4.69) is 56.5 Å². The molecule has 3 rings (SSSR count). The van der Waals surface area contributed by atoms with Crippen LogP contribution in [0.15, 0.2) is 59.8 Å². The number of fused-ring (bicyclic) bond motifs is 1. The molecule has 1 aliphatic heterocycles. The summed E-state index contributed by atoms with van der Waals surface area (Å²) in [5.74, 6) is 0.468. The summed E-state index contributed by atoms with van der Waals surface area (Å²) < 4.78 is 32.1. The summed E-state index contributed by atoms with van der Waals surface area (Å²) in [5, 5.41) is 0. The van der Waals surface area contributed by atoms with E-state index >= 15 is 4.39 Å². The molecule has 40 heavy (non-hydrogen) atoms. The van der Waals surface area contributed by atoms with E-state index in [9.17, 15) is 0 Å². The highest BCUT2D eigenvalue weighted by Gasteiger charge is 2.22. The van der Waals surface area contributed by atoms with E-state index in [-0.39, 0.29) is 5.75 Å². The van der Waals surface area contributed by atoms with Crippen LogP contribution in [0.5, 0.6) is 5.75 Å². The lowest BCUT2D eigenvalue weighted by Gasteiger charge is -2.24. The summed E-state index contributed by atoms with van der Waals surface area (Å²) >= 11 is 0. The monoisotopic (exact) mass is 550 g/mol. The fourth-order valence-electron chi connectivity index (χ4n) is 4.75. The maximum absolute atomic E-state index is 15.1. The van der Waals surface area contributed by atoms with Crippen molar-refractivity contribution in [1.29, 1.82) is 0 Å². The van der Waals surface area contributed by atoms with Gasteiger partial charge in [-0.3, -0.25) is 4.99 Å². The summed E-state index contributed by atoms with van der Waals surface area (Å²) in [7, 11) is 1.60. The standard InChI is InChI=1S/C34H47FN2O3/c1-6-9-19-37(18-8-3)29-15-13-27(14-16-29)26(4)23-33(39-20-10-7-2)34-30-25-31(35)32(40-22-21-38-5)24-28(30)12-11-17-36-34/h13-16,23-25H,4,6-12,17-22H2,1-3,5H3/b33-23-. The second-order valence-corrected chi connectivity index (χ2v) is 10.2. The molecule has 0 aromatic heterocycles. The largest absolute Gasteiger partial charge is 0.491 e. The number of aryl methyl sites for hydroxylation is 1. The first-order valence-corrected chi connectivity index (χ1v) is 14.9. The van der Waals surface area contributed by atoms with Gasteiger partial charge in [-0.25, -0.2) is 4.39 Å². The van der Waals surface area contributed by atoms with E-state index in [1.807, 2.05) is 6.08 Å². The predicted octanol–water partition coefficient (Wildman–Crippen LogP) is 8.02. The van der Waals surface area contributed by atoms with E-state index in [0.717, 1.165) is 67.5 Å². The molecule has 2 aromatic carbocycles. The van der Waals surface area contributed by atoms with Gasteiger partial charge in [0.15, 0.2) is 11.6 Å². The van der Waals surface area contributed by atoms with Gasteiger partial charge in [-0.05, 0) is 79.1 Å². The van der Waals surface area contributed by atoms with Gasteiger partial charge in [0, 0.05) is 38.0 Å². The molecule has 5 nitrogen and oxygen atoms in total. The quantitative estimate of drug-likeness (QED) is 0.114. The van der Waals surface area contributed by atoms with Crippen LogP contribution in [0.2, 0.25) is 0 Å². The molecular formula is C34H47FN2O3. The van der Waals surface area contributed by atoms with E-state index < -0.39 is 5.82 Å². The molecule has 1 heterocycles. The molecule has 0 N–H and O–H groups in total. The lowest BCUT2D eigenvalue weighted by molar-refractivity contribution is 0.144. The number of aliphatic imine (C=N–C) groups is 1. The molecule has 0 saturated heterocycles. The lowest BCUT2D eigenvalue weighted by Crippen LogP contribution is -2.25. The molecule has 0 saturated carbocycles. The van der Waals surface area contributed by atoms with Crippen LogP contribution < -0.4 is 9.64 Å². The Morgan fingerprint density at radius 3 is 2.48 bits per heavy atom. The predicted molar refractivity (Wildman–Crippen MR) is 165 cm³/mol. The third-order valence-electron chi connectivity index (χ3n) is 7.00. The smallest absolute Gasteiger partial charge is 0.165 e.